The molecule has 1 aromatic heterocycles. The third kappa shape index (κ3) is 6.30. The molecule has 3 rings (SSSR count). The summed E-state index contributed by atoms with van der Waals surface area (Å²) in [5.41, 5.74) is 3.76. The van der Waals surface area contributed by atoms with E-state index in [1.807, 2.05) is 48.7 Å². The first-order valence-electron chi connectivity index (χ1n) is 9.20. The number of aliphatic imine (C=N–C) groups is 1. The van der Waals surface area contributed by atoms with Gasteiger partial charge in [0.15, 0.2) is 15.8 Å². The Morgan fingerprint density at radius 3 is 2.43 bits per heavy atom. The molecule has 0 fully saturated rings. The summed E-state index contributed by atoms with van der Waals surface area (Å²) in [6, 6.07) is 15.3. The highest BCUT2D eigenvalue weighted by Crippen LogP contribution is 2.17. The molecule has 0 atom stereocenters. The molecule has 3 aromatic rings. The standard InChI is InChI=1S/C21H25N5O2S.HI/c1-15-11-16(9-10-19(15)29(3,27)28)12-24-21(22-2)25-14-20-23-13-18(26-20)17-7-5-4-6-8-17;/h4-11,13H,12,14H2,1-3H3,(H,23,26)(H2,22,24,25);1H. The molecular formula is C21H26IN5O2S. The zero-order valence-electron chi connectivity index (χ0n) is 17.1. The van der Waals surface area contributed by atoms with Gasteiger partial charge in [0.05, 0.1) is 23.3 Å². The third-order valence-corrected chi connectivity index (χ3v) is 5.72. The van der Waals surface area contributed by atoms with Gasteiger partial charge < -0.3 is 15.6 Å². The first kappa shape index (κ1) is 23.9. The van der Waals surface area contributed by atoms with E-state index in [4.69, 9.17) is 0 Å². The van der Waals surface area contributed by atoms with Crippen molar-refractivity contribution in [2.75, 3.05) is 13.3 Å². The number of aromatic nitrogens is 2. The lowest BCUT2D eigenvalue weighted by molar-refractivity contribution is 0.601. The van der Waals surface area contributed by atoms with Crippen molar-refractivity contribution in [1.29, 1.82) is 0 Å². The third-order valence-electron chi connectivity index (χ3n) is 4.46. The Kier molecular flexibility index (Phi) is 8.42. The Bertz CT molecular complexity index is 1110. The molecule has 0 aliphatic carbocycles. The molecule has 30 heavy (non-hydrogen) atoms. The van der Waals surface area contributed by atoms with Gasteiger partial charge in [0.2, 0.25) is 0 Å². The minimum absolute atomic E-state index is 0. The summed E-state index contributed by atoms with van der Waals surface area (Å²) in [4.78, 5) is 12.3. The van der Waals surface area contributed by atoms with Crippen molar-refractivity contribution in [3.05, 3.63) is 71.7 Å². The summed E-state index contributed by atoms with van der Waals surface area (Å²) in [7, 11) is -1.51. The Morgan fingerprint density at radius 1 is 1.10 bits per heavy atom. The number of halogens is 1. The van der Waals surface area contributed by atoms with Crippen LogP contribution in [0.5, 0.6) is 0 Å². The van der Waals surface area contributed by atoms with Crippen molar-refractivity contribution in [2.24, 2.45) is 4.99 Å². The molecule has 0 saturated carbocycles. The van der Waals surface area contributed by atoms with Crippen LogP contribution < -0.4 is 10.6 Å². The zero-order valence-corrected chi connectivity index (χ0v) is 20.3. The number of imidazole rings is 1. The smallest absolute Gasteiger partial charge is 0.191 e. The molecule has 0 unspecified atom stereocenters. The first-order chi connectivity index (χ1) is 13.9. The van der Waals surface area contributed by atoms with Crippen molar-refractivity contribution < 1.29 is 8.42 Å². The second-order valence-electron chi connectivity index (χ2n) is 6.76. The van der Waals surface area contributed by atoms with Crippen molar-refractivity contribution in [3.8, 4) is 11.3 Å². The molecule has 3 N–H and O–H groups in total. The fourth-order valence-corrected chi connectivity index (χ4v) is 3.99. The molecule has 2 aromatic carbocycles. The average Bonchev–Trinajstić information content (AvgIpc) is 3.17. The van der Waals surface area contributed by atoms with Crippen LogP contribution in [0.3, 0.4) is 0 Å². The number of hydrogen-bond acceptors (Lipinski definition) is 4. The van der Waals surface area contributed by atoms with Crippen LogP contribution in [0.15, 0.2) is 64.6 Å². The van der Waals surface area contributed by atoms with E-state index >= 15 is 0 Å². The van der Waals surface area contributed by atoms with Gasteiger partial charge >= 0.3 is 0 Å². The van der Waals surface area contributed by atoms with Gasteiger partial charge in [0, 0.05) is 19.8 Å². The van der Waals surface area contributed by atoms with Gasteiger partial charge in [-0.25, -0.2) is 13.4 Å². The van der Waals surface area contributed by atoms with Crippen LogP contribution in [-0.4, -0.2) is 37.6 Å². The maximum Gasteiger partial charge on any atom is 0.191 e. The molecule has 160 valence electrons. The first-order valence-corrected chi connectivity index (χ1v) is 11.1. The van der Waals surface area contributed by atoms with Gasteiger partial charge in [0.25, 0.3) is 0 Å². The quantitative estimate of drug-likeness (QED) is 0.254. The largest absolute Gasteiger partial charge is 0.352 e. The Balaban J connectivity index is 0.00000320. The number of aryl methyl sites for hydroxylation is 1. The number of hydrogen-bond donors (Lipinski definition) is 3. The van der Waals surface area contributed by atoms with Gasteiger partial charge in [-0.1, -0.05) is 42.5 Å². The number of aromatic amines is 1. The molecule has 0 spiro atoms. The van der Waals surface area contributed by atoms with Gasteiger partial charge in [-0.15, -0.1) is 24.0 Å². The Labute approximate surface area is 194 Å². The molecule has 0 aliphatic heterocycles. The number of guanidine groups is 1. The molecule has 0 aliphatic rings. The van der Waals surface area contributed by atoms with Crippen LogP contribution in [0.4, 0.5) is 0 Å². The number of rotatable bonds is 6. The van der Waals surface area contributed by atoms with Crippen LogP contribution in [0.25, 0.3) is 11.3 Å². The summed E-state index contributed by atoms with van der Waals surface area (Å²) < 4.78 is 23.5. The van der Waals surface area contributed by atoms with E-state index < -0.39 is 9.84 Å². The Morgan fingerprint density at radius 2 is 1.80 bits per heavy atom. The molecule has 0 saturated heterocycles. The van der Waals surface area contributed by atoms with E-state index in [9.17, 15) is 8.42 Å². The monoisotopic (exact) mass is 539 g/mol. The maximum absolute atomic E-state index is 11.7. The van der Waals surface area contributed by atoms with Gasteiger partial charge in [-0.05, 0) is 29.7 Å². The van der Waals surface area contributed by atoms with E-state index in [2.05, 4.69) is 25.6 Å². The lowest BCUT2D eigenvalue weighted by Gasteiger charge is -2.12. The summed E-state index contributed by atoms with van der Waals surface area (Å²) in [6.07, 6.45) is 3.03. The van der Waals surface area contributed by atoms with Crippen molar-refractivity contribution in [2.45, 2.75) is 24.9 Å². The summed E-state index contributed by atoms with van der Waals surface area (Å²) in [6.45, 7) is 2.82. The molecule has 0 bridgehead atoms. The fourth-order valence-electron chi connectivity index (χ4n) is 3.03. The highest BCUT2D eigenvalue weighted by atomic mass is 127. The Hall–Kier alpha value is -2.40. The van der Waals surface area contributed by atoms with E-state index in [-0.39, 0.29) is 24.0 Å². The molecule has 9 heteroatoms. The number of nitrogens with zero attached hydrogens (tertiary/aromatic N) is 2. The van der Waals surface area contributed by atoms with Gasteiger partial charge in [0.1, 0.15) is 5.82 Å². The highest BCUT2D eigenvalue weighted by molar-refractivity contribution is 14.0. The summed E-state index contributed by atoms with van der Waals surface area (Å²) in [5.74, 6) is 1.44. The molecule has 0 radical (unpaired) electrons. The SMILES string of the molecule is CN=C(NCc1ccc(S(C)(=O)=O)c(C)c1)NCc1ncc(-c2ccccc2)[nH]1.I. The predicted octanol–water partition coefficient (Wildman–Crippen LogP) is 3.27. The minimum Gasteiger partial charge on any atom is -0.352 e. The fraction of sp³-hybridized carbons (Fsp3) is 0.238. The molecule has 0 amide bonds. The number of nitrogens with one attached hydrogen (secondary N) is 3. The molecular weight excluding hydrogens is 513 g/mol. The predicted molar refractivity (Wildman–Crippen MR) is 131 cm³/mol. The van der Waals surface area contributed by atoms with Crippen LogP contribution in [0.2, 0.25) is 0 Å². The van der Waals surface area contributed by atoms with E-state index in [1.54, 1.807) is 20.0 Å². The topological polar surface area (TPSA) is 99.2 Å². The second kappa shape index (κ2) is 10.6. The van der Waals surface area contributed by atoms with Crippen molar-refractivity contribution in [3.63, 3.8) is 0 Å². The maximum atomic E-state index is 11.7. The van der Waals surface area contributed by atoms with E-state index in [1.165, 1.54) is 6.26 Å². The van der Waals surface area contributed by atoms with Crippen LogP contribution >= 0.6 is 24.0 Å². The number of sulfone groups is 1. The summed E-state index contributed by atoms with van der Waals surface area (Å²) >= 11 is 0. The van der Waals surface area contributed by atoms with Crippen molar-refractivity contribution in [1.82, 2.24) is 20.6 Å². The van der Waals surface area contributed by atoms with Gasteiger partial charge in [-0.2, -0.15) is 0 Å². The number of H-pyrrole nitrogens is 1. The lowest BCUT2D eigenvalue weighted by atomic mass is 10.1. The van der Waals surface area contributed by atoms with E-state index in [0.717, 1.165) is 28.2 Å². The normalized spacial score (nSPS) is 11.6. The molecule has 1 heterocycles. The number of benzene rings is 2. The van der Waals surface area contributed by atoms with E-state index in [0.29, 0.717) is 23.9 Å². The second-order valence-corrected chi connectivity index (χ2v) is 8.75. The minimum atomic E-state index is -3.21. The van der Waals surface area contributed by atoms with Crippen LogP contribution in [0, 0.1) is 6.92 Å². The lowest BCUT2D eigenvalue weighted by Crippen LogP contribution is -2.36. The average molecular weight is 539 g/mol. The highest BCUT2D eigenvalue weighted by Gasteiger charge is 2.11. The van der Waals surface area contributed by atoms with Gasteiger partial charge in [-0.3, -0.25) is 4.99 Å². The zero-order chi connectivity index (χ0) is 20.9. The van der Waals surface area contributed by atoms with Crippen molar-refractivity contribution >= 4 is 39.8 Å². The van der Waals surface area contributed by atoms with Crippen LogP contribution in [0.1, 0.15) is 17.0 Å². The van der Waals surface area contributed by atoms with Crippen LogP contribution in [-0.2, 0) is 22.9 Å². The summed E-state index contributed by atoms with van der Waals surface area (Å²) in [5, 5.41) is 6.45. The molecule has 7 nitrogen and oxygen atoms in total.